The van der Waals surface area contributed by atoms with Gasteiger partial charge >= 0.3 is 0 Å². The smallest absolute Gasteiger partial charge is 0.265 e. The summed E-state index contributed by atoms with van der Waals surface area (Å²) in [5.41, 5.74) is 0.711. The van der Waals surface area contributed by atoms with E-state index in [9.17, 15) is 9.59 Å². The minimum atomic E-state index is -0.136. The van der Waals surface area contributed by atoms with E-state index in [1.807, 2.05) is 42.0 Å². The van der Waals surface area contributed by atoms with Gasteiger partial charge in [0.05, 0.1) is 12.2 Å². The third kappa shape index (κ3) is 3.40. The number of fused-ring (bicyclic) bond motifs is 1. The summed E-state index contributed by atoms with van der Waals surface area (Å²) in [6.45, 7) is 3.55. The number of rotatable bonds is 6. The number of amides is 2. The van der Waals surface area contributed by atoms with E-state index in [1.165, 1.54) is 0 Å². The van der Waals surface area contributed by atoms with Gasteiger partial charge in [-0.25, -0.2) is 4.98 Å². The van der Waals surface area contributed by atoms with E-state index in [-0.39, 0.29) is 24.8 Å². The van der Waals surface area contributed by atoms with Crippen LogP contribution in [0, 0.1) is 0 Å². The highest BCUT2D eigenvalue weighted by Crippen LogP contribution is 2.31. The van der Waals surface area contributed by atoms with Gasteiger partial charge < -0.3 is 19.5 Å². The molecule has 126 valence electrons. The minimum Gasteiger partial charge on any atom is -0.482 e. The lowest BCUT2D eigenvalue weighted by atomic mass is 10.2. The SMILES string of the molecule is CCn1ccnc1CNC(=O)CCN1C(=O)COc2ccccc21. The average molecular weight is 328 g/mol. The lowest BCUT2D eigenvalue weighted by Crippen LogP contribution is -2.41. The van der Waals surface area contributed by atoms with Crippen LogP contribution in [0.3, 0.4) is 0 Å². The van der Waals surface area contributed by atoms with Gasteiger partial charge in [0.1, 0.15) is 11.6 Å². The molecule has 0 atom stereocenters. The van der Waals surface area contributed by atoms with Crippen LogP contribution in [0.5, 0.6) is 5.75 Å². The highest BCUT2D eigenvalue weighted by molar-refractivity contribution is 5.98. The molecule has 1 N–H and O–H groups in total. The molecule has 2 amide bonds. The van der Waals surface area contributed by atoms with Crippen molar-refractivity contribution in [2.24, 2.45) is 0 Å². The molecule has 2 heterocycles. The van der Waals surface area contributed by atoms with E-state index in [0.29, 0.717) is 24.5 Å². The van der Waals surface area contributed by atoms with E-state index < -0.39 is 0 Å². The molecule has 7 nitrogen and oxygen atoms in total. The van der Waals surface area contributed by atoms with Gasteiger partial charge in [-0.2, -0.15) is 0 Å². The summed E-state index contributed by atoms with van der Waals surface area (Å²) in [6, 6.07) is 7.34. The molecule has 24 heavy (non-hydrogen) atoms. The number of aryl methyl sites for hydroxylation is 1. The van der Waals surface area contributed by atoms with E-state index >= 15 is 0 Å². The Bertz CT molecular complexity index is 741. The normalized spacial score (nSPS) is 13.4. The summed E-state index contributed by atoms with van der Waals surface area (Å²) in [5, 5.41) is 2.85. The third-order valence-electron chi connectivity index (χ3n) is 3.96. The maximum absolute atomic E-state index is 12.1. The van der Waals surface area contributed by atoms with Crippen LogP contribution in [-0.2, 0) is 22.7 Å². The topological polar surface area (TPSA) is 76.5 Å². The zero-order chi connectivity index (χ0) is 16.9. The number of imidazole rings is 1. The van der Waals surface area contributed by atoms with Crippen LogP contribution in [0.1, 0.15) is 19.2 Å². The molecule has 1 aliphatic heterocycles. The standard InChI is InChI=1S/C17H20N4O3/c1-2-20-10-8-18-15(20)11-19-16(22)7-9-21-13-5-3-4-6-14(13)24-12-17(21)23/h3-6,8,10H,2,7,9,11-12H2,1H3,(H,19,22). The number of nitrogens with one attached hydrogen (secondary N) is 1. The number of hydrogen-bond donors (Lipinski definition) is 1. The third-order valence-corrected chi connectivity index (χ3v) is 3.96. The predicted molar refractivity (Wildman–Crippen MR) is 88.7 cm³/mol. The molecular formula is C17H20N4O3. The van der Waals surface area contributed by atoms with Crippen LogP contribution in [0.15, 0.2) is 36.7 Å². The Kier molecular flexibility index (Phi) is 4.79. The molecule has 0 spiro atoms. The molecule has 1 aliphatic rings. The monoisotopic (exact) mass is 328 g/mol. The Balaban J connectivity index is 1.55. The lowest BCUT2D eigenvalue weighted by Gasteiger charge is -2.29. The lowest BCUT2D eigenvalue weighted by molar-refractivity contribution is -0.122. The fourth-order valence-electron chi connectivity index (χ4n) is 2.67. The van der Waals surface area contributed by atoms with E-state index in [4.69, 9.17) is 4.74 Å². The Morgan fingerprint density at radius 3 is 3.04 bits per heavy atom. The molecule has 1 aromatic carbocycles. The van der Waals surface area contributed by atoms with Crippen LogP contribution in [-0.4, -0.2) is 34.5 Å². The predicted octanol–water partition coefficient (Wildman–Crippen LogP) is 1.33. The average Bonchev–Trinajstić information content (AvgIpc) is 3.06. The molecule has 0 radical (unpaired) electrons. The number of hydrogen-bond acceptors (Lipinski definition) is 4. The highest BCUT2D eigenvalue weighted by atomic mass is 16.5. The Labute approximate surface area is 140 Å². The van der Waals surface area contributed by atoms with Crippen molar-refractivity contribution < 1.29 is 14.3 Å². The second-order valence-electron chi connectivity index (χ2n) is 5.46. The Morgan fingerprint density at radius 1 is 1.38 bits per heavy atom. The van der Waals surface area contributed by atoms with Crippen molar-refractivity contribution in [3.8, 4) is 5.75 Å². The number of aromatic nitrogens is 2. The number of para-hydroxylation sites is 2. The van der Waals surface area contributed by atoms with Crippen LogP contribution >= 0.6 is 0 Å². The molecule has 7 heteroatoms. The van der Waals surface area contributed by atoms with Gasteiger partial charge in [0.25, 0.3) is 5.91 Å². The number of nitrogens with zero attached hydrogens (tertiary/aromatic N) is 3. The van der Waals surface area contributed by atoms with Gasteiger partial charge in [0, 0.05) is 31.9 Å². The zero-order valence-electron chi connectivity index (χ0n) is 13.6. The second kappa shape index (κ2) is 7.16. The van der Waals surface area contributed by atoms with Gasteiger partial charge in [0.2, 0.25) is 5.91 Å². The van der Waals surface area contributed by atoms with Crippen molar-refractivity contribution in [3.05, 3.63) is 42.5 Å². The van der Waals surface area contributed by atoms with Gasteiger partial charge in [-0.05, 0) is 19.1 Å². The van der Waals surface area contributed by atoms with Crippen molar-refractivity contribution in [2.75, 3.05) is 18.1 Å². The molecule has 3 rings (SSSR count). The fraction of sp³-hybridized carbons (Fsp3) is 0.353. The molecule has 0 saturated carbocycles. The maximum Gasteiger partial charge on any atom is 0.265 e. The van der Waals surface area contributed by atoms with Gasteiger partial charge in [-0.1, -0.05) is 12.1 Å². The Morgan fingerprint density at radius 2 is 2.21 bits per heavy atom. The Hall–Kier alpha value is -2.83. The highest BCUT2D eigenvalue weighted by Gasteiger charge is 2.25. The number of carbonyl (C=O) groups is 2. The molecule has 0 bridgehead atoms. The first-order valence-electron chi connectivity index (χ1n) is 7.98. The zero-order valence-corrected chi connectivity index (χ0v) is 13.6. The number of anilines is 1. The summed E-state index contributed by atoms with van der Waals surface area (Å²) in [7, 11) is 0. The van der Waals surface area contributed by atoms with E-state index in [0.717, 1.165) is 12.4 Å². The van der Waals surface area contributed by atoms with Crippen molar-refractivity contribution in [3.63, 3.8) is 0 Å². The molecule has 0 aliphatic carbocycles. The van der Waals surface area contributed by atoms with Crippen LogP contribution in [0.25, 0.3) is 0 Å². The van der Waals surface area contributed by atoms with Crippen molar-refractivity contribution in [2.45, 2.75) is 26.4 Å². The second-order valence-corrected chi connectivity index (χ2v) is 5.46. The van der Waals surface area contributed by atoms with Gasteiger partial charge in [-0.3, -0.25) is 9.59 Å². The van der Waals surface area contributed by atoms with Crippen LogP contribution in [0.2, 0.25) is 0 Å². The van der Waals surface area contributed by atoms with Gasteiger partial charge in [0.15, 0.2) is 6.61 Å². The van der Waals surface area contributed by atoms with E-state index in [1.54, 1.807) is 11.1 Å². The summed E-state index contributed by atoms with van der Waals surface area (Å²) >= 11 is 0. The molecule has 1 aromatic heterocycles. The van der Waals surface area contributed by atoms with Crippen LogP contribution in [0.4, 0.5) is 5.69 Å². The first-order chi connectivity index (χ1) is 11.7. The molecule has 0 saturated heterocycles. The number of benzene rings is 1. The fourth-order valence-corrected chi connectivity index (χ4v) is 2.67. The van der Waals surface area contributed by atoms with Crippen molar-refractivity contribution >= 4 is 17.5 Å². The number of ether oxygens (including phenoxy) is 1. The first-order valence-corrected chi connectivity index (χ1v) is 7.98. The van der Waals surface area contributed by atoms with E-state index in [2.05, 4.69) is 10.3 Å². The van der Waals surface area contributed by atoms with Gasteiger partial charge in [-0.15, -0.1) is 0 Å². The summed E-state index contributed by atoms with van der Waals surface area (Å²) in [6.07, 6.45) is 3.83. The van der Waals surface area contributed by atoms with Crippen LogP contribution < -0.4 is 15.0 Å². The molecule has 0 unspecified atom stereocenters. The summed E-state index contributed by atoms with van der Waals surface area (Å²) < 4.78 is 7.37. The van der Waals surface area contributed by atoms with Crippen molar-refractivity contribution in [1.29, 1.82) is 0 Å². The largest absolute Gasteiger partial charge is 0.482 e. The van der Waals surface area contributed by atoms with Crippen molar-refractivity contribution in [1.82, 2.24) is 14.9 Å². The summed E-state index contributed by atoms with van der Waals surface area (Å²) in [4.78, 5) is 30.0. The maximum atomic E-state index is 12.1. The minimum absolute atomic E-state index is 0.00652. The molecular weight excluding hydrogens is 308 g/mol. The quantitative estimate of drug-likeness (QED) is 0.868. The molecule has 0 fully saturated rings. The number of carbonyl (C=O) groups excluding carboxylic acids is 2. The summed E-state index contributed by atoms with van der Waals surface area (Å²) in [5.74, 6) is 1.24. The molecule has 2 aromatic rings. The first kappa shape index (κ1) is 16.0.